The molecule has 1 fully saturated rings. The average Bonchev–Trinajstić information content (AvgIpc) is 2.59. The van der Waals surface area contributed by atoms with Crippen LogP contribution in [0.1, 0.15) is 36.9 Å². The van der Waals surface area contributed by atoms with E-state index < -0.39 is 0 Å². The maximum Gasteiger partial charge on any atom is 0.237 e. The zero-order valence-electron chi connectivity index (χ0n) is 11.2. The van der Waals surface area contributed by atoms with Crippen molar-refractivity contribution in [2.45, 2.75) is 45.2 Å². The fraction of sp³-hybridized carbons (Fsp3) is 0.692. The highest BCUT2D eigenvalue weighted by atomic mass is 16.2. The SMILES string of the molecule is Cc1nn(C)cc1CNC(=O)C1CCCCCN1. The first-order chi connectivity index (χ1) is 8.66. The van der Waals surface area contributed by atoms with Crippen molar-refractivity contribution in [3.05, 3.63) is 17.5 Å². The zero-order chi connectivity index (χ0) is 13.0. The predicted octanol–water partition coefficient (Wildman–Crippen LogP) is 0.877. The second-order valence-electron chi connectivity index (χ2n) is 4.99. The van der Waals surface area contributed by atoms with Crippen molar-refractivity contribution in [1.29, 1.82) is 0 Å². The summed E-state index contributed by atoms with van der Waals surface area (Å²) in [4.78, 5) is 12.0. The lowest BCUT2D eigenvalue weighted by molar-refractivity contribution is -0.123. The molecule has 100 valence electrons. The number of amides is 1. The normalized spacial score (nSPS) is 20.4. The molecule has 1 amide bonds. The monoisotopic (exact) mass is 250 g/mol. The first-order valence-corrected chi connectivity index (χ1v) is 6.67. The number of hydrogen-bond acceptors (Lipinski definition) is 3. The van der Waals surface area contributed by atoms with Crippen LogP contribution < -0.4 is 10.6 Å². The van der Waals surface area contributed by atoms with Gasteiger partial charge in [0.15, 0.2) is 0 Å². The van der Waals surface area contributed by atoms with Crippen LogP contribution in [-0.4, -0.2) is 28.3 Å². The van der Waals surface area contributed by atoms with Crippen molar-refractivity contribution in [1.82, 2.24) is 20.4 Å². The van der Waals surface area contributed by atoms with Crippen molar-refractivity contribution in [3.8, 4) is 0 Å². The fourth-order valence-corrected chi connectivity index (χ4v) is 2.38. The number of hydrogen-bond donors (Lipinski definition) is 2. The molecule has 1 aromatic heterocycles. The Balaban J connectivity index is 1.85. The molecular formula is C13H22N4O. The van der Waals surface area contributed by atoms with Gasteiger partial charge in [-0.25, -0.2) is 0 Å². The summed E-state index contributed by atoms with van der Waals surface area (Å²) < 4.78 is 1.78. The van der Waals surface area contributed by atoms with Crippen molar-refractivity contribution in [3.63, 3.8) is 0 Å². The highest BCUT2D eigenvalue weighted by molar-refractivity contribution is 5.81. The number of carbonyl (C=O) groups is 1. The lowest BCUT2D eigenvalue weighted by Gasteiger charge is -2.15. The number of carbonyl (C=O) groups excluding carboxylic acids is 1. The van der Waals surface area contributed by atoms with E-state index >= 15 is 0 Å². The maximum atomic E-state index is 12.0. The molecule has 5 heteroatoms. The first kappa shape index (κ1) is 13.1. The minimum Gasteiger partial charge on any atom is -0.351 e. The summed E-state index contributed by atoms with van der Waals surface area (Å²) in [6.07, 6.45) is 6.43. The van der Waals surface area contributed by atoms with Crippen LogP contribution in [0.15, 0.2) is 6.20 Å². The van der Waals surface area contributed by atoms with Crippen molar-refractivity contribution < 1.29 is 4.79 Å². The van der Waals surface area contributed by atoms with Gasteiger partial charge in [-0.05, 0) is 26.3 Å². The summed E-state index contributed by atoms with van der Waals surface area (Å²) in [7, 11) is 1.89. The number of nitrogens with zero attached hydrogens (tertiary/aromatic N) is 2. The standard InChI is InChI=1S/C13H22N4O/c1-10-11(9-17(2)16-10)8-15-13(18)12-6-4-3-5-7-14-12/h9,12,14H,3-8H2,1-2H3,(H,15,18). The molecule has 0 aliphatic carbocycles. The van der Waals surface area contributed by atoms with Crippen LogP contribution in [0, 0.1) is 6.92 Å². The molecular weight excluding hydrogens is 228 g/mol. The van der Waals surface area contributed by atoms with Crippen molar-refractivity contribution in [2.75, 3.05) is 6.54 Å². The van der Waals surface area contributed by atoms with Crippen LogP contribution in [0.4, 0.5) is 0 Å². The molecule has 0 radical (unpaired) electrons. The van der Waals surface area contributed by atoms with Gasteiger partial charge in [0.1, 0.15) is 0 Å². The minimum absolute atomic E-state index is 0.0236. The van der Waals surface area contributed by atoms with Gasteiger partial charge in [-0.1, -0.05) is 12.8 Å². The van der Waals surface area contributed by atoms with Gasteiger partial charge in [-0.3, -0.25) is 9.48 Å². The Labute approximate surface area is 108 Å². The molecule has 2 heterocycles. The second-order valence-corrected chi connectivity index (χ2v) is 4.99. The molecule has 5 nitrogen and oxygen atoms in total. The summed E-state index contributed by atoms with van der Waals surface area (Å²) in [6.45, 7) is 3.48. The Morgan fingerprint density at radius 2 is 2.39 bits per heavy atom. The van der Waals surface area contributed by atoms with Gasteiger partial charge >= 0.3 is 0 Å². The van der Waals surface area contributed by atoms with Crippen LogP contribution in [0.2, 0.25) is 0 Å². The Morgan fingerprint density at radius 1 is 1.56 bits per heavy atom. The molecule has 1 aliphatic heterocycles. The largest absolute Gasteiger partial charge is 0.351 e. The summed E-state index contributed by atoms with van der Waals surface area (Å²) in [5.74, 6) is 0.111. The van der Waals surface area contributed by atoms with Crippen LogP contribution in [0.25, 0.3) is 0 Å². The van der Waals surface area contributed by atoms with E-state index in [0.717, 1.165) is 30.6 Å². The third-order valence-electron chi connectivity index (χ3n) is 3.44. The third-order valence-corrected chi connectivity index (χ3v) is 3.44. The topological polar surface area (TPSA) is 59.0 Å². The highest BCUT2D eigenvalue weighted by Crippen LogP contribution is 2.09. The van der Waals surface area contributed by atoms with E-state index in [0.29, 0.717) is 6.54 Å². The molecule has 1 unspecified atom stereocenters. The lowest BCUT2D eigenvalue weighted by Crippen LogP contribution is -2.43. The molecule has 1 atom stereocenters. The number of nitrogens with one attached hydrogen (secondary N) is 2. The molecule has 0 aromatic carbocycles. The van der Waals surface area contributed by atoms with Gasteiger partial charge < -0.3 is 10.6 Å². The third kappa shape index (κ3) is 3.32. The van der Waals surface area contributed by atoms with Crippen molar-refractivity contribution in [2.24, 2.45) is 7.05 Å². The molecule has 0 saturated carbocycles. The number of rotatable bonds is 3. The average molecular weight is 250 g/mol. The second kappa shape index (κ2) is 6.00. The summed E-state index contributed by atoms with van der Waals surface area (Å²) in [5.41, 5.74) is 2.06. The van der Waals surface area contributed by atoms with Gasteiger partial charge in [0.05, 0.1) is 11.7 Å². The Morgan fingerprint density at radius 3 is 3.11 bits per heavy atom. The zero-order valence-corrected chi connectivity index (χ0v) is 11.2. The summed E-state index contributed by atoms with van der Waals surface area (Å²) in [6, 6.07) is -0.0236. The van der Waals surface area contributed by atoms with Crippen LogP contribution >= 0.6 is 0 Å². The van der Waals surface area contributed by atoms with E-state index in [2.05, 4.69) is 15.7 Å². The quantitative estimate of drug-likeness (QED) is 0.837. The Hall–Kier alpha value is -1.36. The predicted molar refractivity (Wildman–Crippen MR) is 70.1 cm³/mol. The molecule has 0 bridgehead atoms. The van der Waals surface area contributed by atoms with E-state index in [4.69, 9.17) is 0 Å². The molecule has 18 heavy (non-hydrogen) atoms. The van der Waals surface area contributed by atoms with E-state index in [1.807, 2.05) is 20.2 Å². The van der Waals surface area contributed by atoms with Crippen molar-refractivity contribution >= 4 is 5.91 Å². The first-order valence-electron chi connectivity index (χ1n) is 6.67. The van der Waals surface area contributed by atoms with E-state index in [9.17, 15) is 4.79 Å². The fourth-order valence-electron chi connectivity index (χ4n) is 2.38. The van der Waals surface area contributed by atoms with Gasteiger partial charge in [-0.2, -0.15) is 5.10 Å². The van der Waals surface area contributed by atoms with Crippen LogP contribution in [0.5, 0.6) is 0 Å². The van der Waals surface area contributed by atoms with E-state index in [1.54, 1.807) is 4.68 Å². The smallest absolute Gasteiger partial charge is 0.237 e. The lowest BCUT2D eigenvalue weighted by atomic mass is 10.1. The van der Waals surface area contributed by atoms with Crippen LogP contribution in [-0.2, 0) is 18.4 Å². The Bertz CT molecular complexity index is 405. The molecule has 1 saturated heterocycles. The minimum atomic E-state index is -0.0236. The van der Waals surface area contributed by atoms with E-state index in [-0.39, 0.29) is 11.9 Å². The Kier molecular flexibility index (Phi) is 4.36. The van der Waals surface area contributed by atoms with Gasteiger partial charge in [0, 0.05) is 25.4 Å². The van der Waals surface area contributed by atoms with Gasteiger partial charge in [0.2, 0.25) is 5.91 Å². The van der Waals surface area contributed by atoms with Gasteiger partial charge in [0.25, 0.3) is 0 Å². The summed E-state index contributed by atoms with van der Waals surface area (Å²) in [5, 5.41) is 10.6. The maximum absolute atomic E-state index is 12.0. The van der Waals surface area contributed by atoms with Crippen LogP contribution in [0.3, 0.4) is 0 Å². The van der Waals surface area contributed by atoms with Gasteiger partial charge in [-0.15, -0.1) is 0 Å². The summed E-state index contributed by atoms with van der Waals surface area (Å²) >= 11 is 0. The highest BCUT2D eigenvalue weighted by Gasteiger charge is 2.19. The molecule has 2 rings (SSSR count). The molecule has 1 aromatic rings. The number of aromatic nitrogens is 2. The number of aryl methyl sites for hydroxylation is 2. The molecule has 0 spiro atoms. The molecule has 1 aliphatic rings. The molecule has 2 N–H and O–H groups in total. The van der Waals surface area contributed by atoms with E-state index in [1.165, 1.54) is 12.8 Å².